The first-order chi connectivity index (χ1) is 17.0. The van der Waals surface area contributed by atoms with E-state index in [9.17, 15) is 4.79 Å². The number of para-hydroxylation sites is 1. The van der Waals surface area contributed by atoms with Crippen LogP contribution in [0, 0.1) is 12.8 Å². The molecule has 1 amide bonds. The quantitative estimate of drug-likeness (QED) is 0.337. The van der Waals surface area contributed by atoms with Gasteiger partial charge < -0.3 is 14.5 Å². The number of anilines is 1. The van der Waals surface area contributed by atoms with E-state index in [0.717, 1.165) is 65.2 Å². The SMILES string of the molecule is COc1ccc([C@@H](c2oc3ccccc3c2NC(=O)c2ccc(C)cc2)N2CCC(C)CC2)cc1. The first-order valence-electron chi connectivity index (χ1n) is 12.3. The molecule has 5 heteroatoms. The van der Waals surface area contributed by atoms with Crippen molar-refractivity contribution >= 4 is 22.6 Å². The van der Waals surface area contributed by atoms with Gasteiger partial charge in [-0.05, 0) is 80.7 Å². The van der Waals surface area contributed by atoms with Crippen LogP contribution in [-0.4, -0.2) is 31.0 Å². The number of nitrogens with one attached hydrogen (secondary N) is 1. The number of piperidine rings is 1. The Morgan fingerprint density at radius 3 is 2.37 bits per heavy atom. The van der Waals surface area contributed by atoms with Crippen LogP contribution in [0.25, 0.3) is 11.0 Å². The van der Waals surface area contributed by atoms with Gasteiger partial charge in [0.1, 0.15) is 17.1 Å². The van der Waals surface area contributed by atoms with Crippen molar-refractivity contribution in [3.05, 3.63) is 95.2 Å². The summed E-state index contributed by atoms with van der Waals surface area (Å²) in [6, 6.07) is 23.6. The Kier molecular flexibility index (Phi) is 6.60. The summed E-state index contributed by atoms with van der Waals surface area (Å²) in [7, 11) is 1.68. The molecule has 2 heterocycles. The molecule has 5 nitrogen and oxygen atoms in total. The standard InChI is InChI=1S/C30H32N2O3/c1-20-8-10-23(11-9-20)30(33)31-27-25-6-4-5-7-26(25)35-29(27)28(32-18-16-21(2)17-19-32)22-12-14-24(34-3)15-13-22/h4-15,21,28H,16-19H2,1-3H3,(H,31,33)/t28-/m0/s1. The molecular formula is C30H32N2O3. The van der Waals surface area contributed by atoms with E-state index >= 15 is 0 Å². The lowest BCUT2D eigenvalue weighted by atomic mass is 9.94. The highest BCUT2D eigenvalue weighted by Gasteiger charge is 2.32. The van der Waals surface area contributed by atoms with Crippen molar-refractivity contribution in [2.45, 2.75) is 32.7 Å². The van der Waals surface area contributed by atoms with E-state index in [1.165, 1.54) is 0 Å². The van der Waals surface area contributed by atoms with Crippen molar-refractivity contribution in [3.63, 3.8) is 0 Å². The van der Waals surface area contributed by atoms with Crippen LogP contribution in [0.4, 0.5) is 5.69 Å². The van der Waals surface area contributed by atoms with Crippen molar-refractivity contribution in [1.82, 2.24) is 4.90 Å². The zero-order valence-corrected chi connectivity index (χ0v) is 20.6. The van der Waals surface area contributed by atoms with Crippen LogP contribution in [0.15, 0.2) is 77.2 Å². The van der Waals surface area contributed by atoms with Gasteiger partial charge in [0.05, 0.1) is 18.8 Å². The fourth-order valence-electron chi connectivity index (χ4n) is 4.88. The molecule has 1 atom stereocenters. The molecule has 0 unspecified atom stereocenters. The zero-order valence-electron chi connectivity index (χ0n) is 20.6. The fraction of sp³-hybridized carbons (Fsp3) is 0.300. The van der Waals surface area contributed by atoms with E-state index in [4.69, 9.17) is 9.15 Å². The van der Waals surface area contributed by atoms with E-state index < -0.39 is 0 Å². The lowest BCUT2D eigenvalue weighted by Gasteiger charge is -2.36. The molecule has 3 aromatic carbocycles. The van der Waals surface area contributed by atoms with Crippen LogP contribution < -0.4 is 10.1 Å². The molecule has 1 fully saturated rings. The monoisotopic (exact) mass is 468 g/mol. The lowest BCUT2D eigenvalue weighted by Crippen LogP contribution is -2.37. The normalized spacial score (nSPS) is 15.7. The van der Waals surface area contributed by atoms with Crippen LogP contribution in [0.3, 0.4) is 0 Å². The van der Waals surface area contributed by atoms with E-state index in [1.54, 1.807) is 7.11 Å². The third-order valence-electron chi connectivity index (χ3n) is 7.04. The average Bonchev–Trinajstić information content (AvgIpc) is 3.24. The number of carbonyl (C=O) groups is 1. The molecule has 0 bridgehead atoms. The van der Waals surface area contributed by atoms with Gasteiger partial charge in [-0.3, -0.25) is 9.69 Å². The highest BCUT2D eigenvalue weighted by molar-refractivity contribution is 6.09. The molecule has 0 spiro atoms. The number of hydrogen-bond donors (Lipinski definition) is 1. The highest BCUT2D eigenvalue weighted by Crippen LogP contribution is 2.42. The van der Waals surface area contributed by atoms with Gasteiger partial charge in [-0.1, -0.05) is 48.9 Å². The van der Waals surface area contributed by atoms with Crippen LogP contribution in [0.1, 0.15) is 53.1 Å². The predicted molar refractivity (Wildman–Crippen MR) is 140 cm³/mol. The van der Waals surface area contributed by atoms with Crippen molar-refractivity contribution in [3.8, 4) is 5.75 Å². The lowest BCUT2D eigenvalue weighted by molar-refractivity contribution is 0.102. The number of likely N-dealkylation sites (tertiary alicyclic amines) is 1. The predicted octanol–water partition coefficient (Wildman–Crippen LogP) is 6.82. The van der Waals surface area contributed by atoms with Gasteiger partial charge in [0.25, 0.3) is 5.91 Å². The minimum atomic E-state index is -0.140. The number of benzene rings is 3. The number of methoxy groups -OCH3 is 1. The van der Waals surface area contributed by atoms with Crippen molar-refractivity contribution in [1.29, 1.82) is 0 Å². The molecule has 0 radical (unpaired) electrons. The minimum Gasteiger partial charge on any atom is -0.497 e. The van der Waals surface area contributed by atoms with E-state index in [2.05, 4.69) is 29.3 Å². The Morgan fingerprint density at radius 2 is 1.69 bits per heavy atom. The minimum absolute atomic E-state index is 0.117. The van der Waals surface area contributed by atoms with Gasteiger partial charge in [-0.25, -0.2) is 0 Å². The van der Waals surface area contributed by atoms with Crippen LogP contribution >= 0.6 is 0 Å². The average molecular weight is 469 g/mol. The van der Waals surface area contributed by atoms with Gasteiger partial charge in [-0.15, -0.1) is 0 Å². The number of nitrogens with zero attached hydrogens (tertiary/aromatic N) is 1. The Morgan fingerprint density at radius 1 is 1.00 bits per heavy atom. The van der Waals surface area contributed by atoms with Crippen LogP contribution in [0.2, 0.25) is 0 Å². The summed E-state index contributed by atoms with van der Waals surface area (Å²) < 4.78 is 11.9. The smallest absolute Gasteiger partial charge is 0.255 e. The van der Waals surface area contributed by atoms with Gasteiger partial charge >= 0.3 is 0 Å². The number of amides is 1. The Hall–Kier alpha value is -3.57. The van der Waals surface area contributed by atoms with Gasteiger partial charge in [0, 0.05) is 10.9 Å². The molecule has 35 heavy (non-hydrogen) atoms. The van der Waals surface area contributed by atoms with Crippen molar-refractivity contribution in [2.24, 2.45) is 5.92 Å². The van der Waals surface area contributed by atoms with Crippen molar-refractivity contribution < 1.29 is 13.9 Å². The second-order valence-electron chi connectivity index (χ2n) is 9.55. The summed E-state index contributed by atoms with van der Waals surface area (Å²) in [4.78, 5) is 15.8. The van der Waals surface area contributed by atoms with Crippen LogP contribution in [0.5, 0.6) is 5.75 Å². The second kappa shape index (κ2) is 9.96. The van der Waals surface area contributed by atoms with Gasteiger partial charge in [0.15, 0.2) is 0 Å². The summed E-state index contributed by atoms with van der Waals surface area (Å²) in [6.07, 6.45) is 2.27. The number of carbonyl (C=O) groups excluding carboxylic acids is 1. The summed E-state index contributed by atoms with van der Waals surface area (Å²) >= 11 is 0. The largest absolute Gasteiger partial charge is 0.497 e. The van der Waals surface area contributed by atoms with Gasteiger partial charge in [-0.2, -0.15) is 0 Å². The molecule has 1 aromatic heterocycles. The zero-order chi connectivity index (χ0) is 24.4. The summed E-state index contributed by atoms with van der Waals surface area (Å²) in [5.74, 6) is 2.15. The topological polar surface area (TPSA) is 54.7 Å². The third kappa shape index (κ3) is 4.82. The Bertz CT molecular complexity index is 1300. The number of hydrogen-bond acceptors (Lipinski definition) is 4. The van der Waals surface area contributed by atoms with Gasteiger partial charge in [0.2, 0.25) is 0 Å². The number of furan rings is 1. The highest BCUT2D eigenvalue weighted by atomic mass is 16.5. The Labute approximate surface area is 206 Å². The molecule has 1 N–H and O–H groups in total. The molecule has 4 aromatic rings. The first kappa shape index (κ1) is 23.2. The maximum Gasteiger partial charge on any atom is 0.255 e. The summed E-state index contributed by atoms with van der Waals surface area (Å²) in [5.41, 5.74) is 4.37. The number of rotatable bonds is 6. The molecule has 1 saturated heterocycles. The number of fused-ring (bicyclic) bond motifs is 1. The fourth-order valence-corrected chi connectivity index (χ4v) is 4.88. The van der Waals surface area contributed by atoms with E-state index in [-0.39, 0.29) is 11.9 Å². The Balaban J connectivity index is 1.60. The van der Waals surface area contributed by atoms with E-state index in [1.807, 2.05) is 67.6 Å². The maximum atomic E-state index is 13.3. The molecule has 5 rings (SSSR count). The second-order valence-corrected chi connectivity index (χ2v) is 9.55. The molecular weight excluding hydrogens is 436 g/mol. The number of aryl methyl sites for hydroxylation is 1. The first-order valence-corrected chi connectivity index (χ1v) is 12.3. The molecule has 0 saturated carbocycles. The number of ether oxygens (including phenoxy) is 1. The third-order valence-corrected chi connectivity index (χ3v) is 7.04. The molecule has 0 aliphatic carbocycles. The van der Waals surface area contributed by atoms with Crippen LogP contribution in [-0.2, 0) is 0 Å². The molecule has 180 valence electrons. The maximum absolute atomic E-state index is 13.3. The molecule has 1 aliphatic rings. The molecule has 1 aliphatic heterocycles. The summed E-state index contributed by atoms with van der Waals surface area (Å²) in [5, 5.41) is 4.12. The summed E-state index contributed by atoms with van der Waals surface area (Å²) in [6.45, 7) is 6.27. The van der Waals surface area contributed by atoms with E-state index in [0.29, 0.717) is 11.5 Å². The van der Waals surface area contributed by atoms with Crippen molar-refractivity contribution in [2.75, 3.05) is 25.5 Å².